The quantitative estimate of drug-likeness (QED) is 0.916. The standard InChI is InChI=1S/C16H18N2O4/c19-16(14-2-1-7-21-14)18-11-12-3-6-17-15(10-12)22-13-4-8-20-9-5-13/h1-3,6-7,10,13H,4-5,8-9,11H2,(H,18,19). The predicted molar refractivity (Wildman–Crippen MR) is 78.6 cm³/mol. The number of furan rings is 1. The monoisotopic (exact) mass is 302 g/mol. The van der Waals surface area contributed by atoms with Crippen LogP contribution in [0.4, 0.5) is 0 Å². The number of hydrogen-bond donors (Lipinski definition) is 1. The topological polar surface area (TPSA) is 73.6 Å². The van der Waals surface area contributed by atoms with E-state index in [4.69, 9.17) is 13.9 Å². The molecule has 22 heavy (non-hydrogen) atoms. The molecule has 6 nitrogen and oxygen atoms in total. The Hall–Kier alpha value is -2.34. The predicted octanol–water partition coefficient (Wildman–Crippen LogP) is 2.16. The van der Waals surface area contributed by atoms with E-state index in [1.54, 1.807) is 18.3 Å². The molecule has 1 aliphatic heterocycles. The molecule has 1 N–H and O–H groups in total. The number of ether oxygens (including phenoxy) is 2. The lowest BCUT2D eigenvalue weighted by Crippen LogP contribution is -2.26. The van der Waals surface area contributed by atoms with Gasteiger partial charge in [0.2, 0.25) is 5.88 Å². The van der Waals surface area contributed by atoms with Crippen LogP contribution in [0.25, 0.3) is 0 Å². The number of nitrogens with zero attached hydrogens (tertiary/aromatic N) is 1. The summed E-state index contributed by atoms with van der Waals surface area (Å²) in [4.78, 5) is 16.0. The second-order valence-corrected chi connectivity index (χ2v) is 5.09. The molecule has 0 spiro atoms. The molecule has 0 aliphatic carbocycles. The fourth-order valence-corrected chi connectivity index (χ4v) is 2.27. The molecule has 3 heterocycles. The fourth-order valence-electron chi connectivity index (χ4n) is 2.27. The van der Waals surface area contributed by atoms with Crippen LogP contribution in [0.1, 0.15) is 29.0 Å². The van der Waals surface area contributed by atoms with Crippen LogP contribution < -0.4 is 10.1 Å². The lowest BCUT2D eigenvalue weighted by atomic mass is 10.1. The highest BCUT2D eigenvalue weighted by Crippen LogP contribution is 2.16. The first-order valence-electron chi connectivity index (χ1n) is 7.32. The molecule has 1 fully saturated rings. The van der Waals surface area contributed by atoms with E-state index in [2.05, 4.69) is 10.3 Å². The Morgan fingerprint density at radius 2 is 2.23 bits per heavy atom. The Bertz CT molecular complexity index is 606. The van der Waals surface area contributed by atoms with E-state index < -0.39 is 0 Å². The number of nitrogens with one attached hydrogen (secondary N) is 1. The van der Waals surface area contributed by atoms with Gasteiger partial charge in [-0.25, -0.2) is 4.98 Å². The molecular formula is C16H18N2O4. The number of aromatic nitrogens is 1. The summed E-state index contributed by atoms with van der Waals surface area (Å²) in [7, 11) is 0. The van der Waals surface area contributed by atoms with Crippen molar-refractivity contribution in [2.75, 3.05) is 13.2 Å². The van der Waals surface area contributed by atoms with Gasteiger partial charge in [-0.1, -0.05) is 0 Å². The van der Waals surface area contributed by atoms with Crippen LogP contribution >= 0.6 is 0 Å². The fraction of sp³-hybridized carbons (Fsp3) is 0.375. The van der Waals surface area contributed by atoms with E-state index in [1.807, 2.05) is 12.1 Å². The third-order valence-corrected chi connectivity index (χ3v) is 3.45. The molecule has 0 saturated carbocycles. The number of pyridine rings is 1. The Morgan fingerprint density at radius 1 is 1.36 bits per heavy atom. The smallest absolute Gasteiger partial charge is 0.287 e. The van der Waals surface area contributed by atoms with E-state index >= 15 is 0 Å². The summed E-state index contributed by atoms with van der Waals surface area (Å²) in [6.07, 6.45) is 5.06. The van der Waals surface area contributed by atoms with Crippen molar-refractivity contribution >= 4 is 5.91 Å². The Morgan fingerprint density at radius 3 is 3.00 bits per heavy atom. The lowest BCUT2D eigenvalue weighted by Gasteiger charge is -2.22. The Kier molecular flexibility index (Phi) is 4.70. The number of amides is 1. The van der Waals surface area contributed by atoms with Gasteiger partial charge >= 0.3 is 0 Å². The maximum atomic E-state index is 11.8. The van der Waals surface area contributed by atoms with Gasteiger partial charge in [0.15, 0.2) is 5.76 Å². The zero-order valence-electron chi connectivity index (χ0n) is 12.2. The zero-order chi connectivity index (χ0) is 15.2. The number of hydrogen-bond acceptors (Lipinski definition) is 5. The normalized spacial score (nSPS) is 15.5. The first-order chi connectivity index (χ1) is 10.8. The van der Waals surface area contributed by atoms with Crippen LogP contribution in [0, 0.1) is 0 Å². The Labute approximate surface area is 128 Å². The average molecular weight is 302 g/mol. The van der Waals surface area contributed by atoms with Gasteiger partial charge in [-0.05, 0) is 23.8 Å². The second-order valence-electron chi connectivity index (χ2n) is 5.09. The molecule has 0 aromatic carbocycles. The lowest BCUT2D eigenvalue weighted by molar-refractivity contribution is 0.0237. The van der Waals surface area contributed by atoms with Crippen molar-refractivity contribution in [1.29, 1.82) is 0 Å². The highest BCUT2D eigenvalue weighted by molar-refractivity contribution is 5.91. The number of carbonyl (C=O) groups excluding carboxylic acids is 1. The molecule has 2 aromatic rings. The van der Waals surface area contributed by atoms with Gasteiger partial charge in [0.25, 0.3) is 5.91 Å². The largest absolute Gasteiger partial charge is 0.474 e. The number of rotatable bonds is 5. The van der Waals surface area contributed by atoms with Crippen LogP contribution in [0.5, 0.6) is 5.88 Å². The minimum atomic E-state index is -0.242. The third-order valence-electron chi connectivity index (χ3n) is 3.45. The molecule has 6 heteroatoms. The first-order valence-corrected chi connectivity index (χ1v) is 7.32. The summed E-state index contributed by atoms with van der Waals surface area (Å²) in [5, 5.41) is 2.80. The molecule has 116 valence electrons. The molecule has 2 aromatic heterocycles. The third kappa shape index (κ3) is 3.85. The minimum absolute atomic E-state index is 0.147. The van der Waals surface area contributed by atoms with Gasteiger partial charge in [0.05, 0.1) is 19.5 Å². The van der Waals surface area contributed by atoms with Gasteiger partial charge in [-0.3, -0.25) is 4.79 Å². The molecule has 0 bridgehead atoms. The number of carbonyl (C=O) groups is 1. The van der Waals surface area contributed by atoms with Crippen molar-refractivity contribution in [3.63, 3.8) is 0 Å². The molecule has 0 atom stereocenters. The van der Waals surface area contributed by atoms with Crippen LogP contribution in [-0.4, -0.2) is 30.2 Å². The van der Waals surface area contributed by atoms with E-state index in [-0.39, 0.29) is 12.0 Å². The van der Waals surface area contributed by atoms with Crippen molar-refractivity contribution in [1.82, 2.24) is 10.3 Å². The average Bonchev–Trinajstić information content (AvgIpc) is 3.08. The van der Waals surface area contributed by atoms with Crippen LogP contribution in [0.15, 0.2) is 41.1 Å². The summed E-state index contributed by atoms with van der Waals surface area (Å²) in [5.41, 5.74) is 0.928. The van der Waals surface area contributed by atoms with Gasteiger partial charge in [0.1, 0.15) is 6.10 Å². The van der Waals surface area contributed by atoms with E-state index in [0.29, 0.717) is 18.2 Å². The summed E-state index contributed by atoms with van der Waals surface area (Å²) < 4.78 is 16.2. The van der Waals surface area contributed by atoms with Crippen LogP contribution in [-0.2, 0) is 11.3 Å². The summed E-state index contributed by atoms with van der Waals surface area (Å²) >= 11 is 0. The van der Waals surface area contributed by atoms with E-state index in [0.717, 1.165) is 31.6 Å². The molecule has 3 rings (SSSR count). The maximum absolute atomic E-state index is 11.8. The molecule has 1 aliphatic rings. The highest BCUT2D eigenvalue weighted by Gasteiger charge is 2.16. The molecular weight excluding hydrogens is 284 g/mol. The molecule has 0 unspecified atom stereocenters. The van der Waals surface area contributed by atoms with Crippen molar-refractivity contribution in [3.05, 3.63) is 48.0 Å². The van der Waals surface area contributed by atoms with E-state index in [1.165, 1.54) is 6.26 Å². The molecule has 1 saturated heterocycles. The second kappa shape index (κ2) is 7.09. The van der Waals surface area contributed by atoms with Gasteiger partial charge in [-0.2, -0.15) is 0 Å². The van der Waals surface area contributed by atoms with Crippen molar-refractivity contribution in [2.45, 2.75) is 25.5 Å². The minimum Gasteiger partial charge on any atom is -0.474 e. The van der Waals surface area contributed by atoms with Crippen LogP contribution in [0.3, 0.4) is 0 Å². The maximum Gasteiger partial charge on any atom is 0.287 e. The van der Waals surface area contributed by atoms with Gasteiger partial charge < -0.3 is 19.2 Å². The van der Waals surface area contributed by atoms with Gasteiger partial charge in [0, 0.05) is 31.6 Å². The molecule has 1 amide bonds. The molecule has 0 radical (unpaired) electrons. The summed E-state index contributed by atoms with van der Waals surface area (Å²) in [6.45, 7) is 1.85. The Balaban J connectivity index is 1.55. The van der Waals surface area contributed by atoms with Gasteiger partial charge in [-0.15, -0.1) is 0 Å². The highest BCUT2D eigenvalue weighted by atomic mass is 16.5. The van der Waals surface area contributed by atoms with Crippen molar-refractivity contribution in [3.8, 4) is 5.88 Å². The SMILES string of the molecule is O=C(NCc1ccnc(OC2CCOCC2)c1)c1ccco1. The van der Waals surface area contributed by atoms with Crippen molar-refractivity contribution in [2.24, 2.45) is 0 Å². The van der Waals surface area contributed by atoms with E-state index in [9.17, 15) is 4.79 Å². The zero-order valence-corrected chi connectivity index (χ0v) is 12.2. The first kappa shape index (κ1) is 14.6. The van der Waals surface area contributed by atoms with Crippen LogP contribution in [0.2, 0.25) is 0 Å². The summed E-state index contributed by atoms with van der Waals surface area (Å²) in [6, 6.07) is 7.00. The van der Waals surface area contributed by atoms with Crippen molar-refractivity contribution < 1.29 is 18.7 Å². The summed E-state index contributed by atoms with van der Waals surface area (Å²) in [5.74, 6) is 0.637.